The average molecular weight is 519 g/mol. The quantitative estimate of drug-likeness (QED) is 0.355. The van der Waals surface area contributed by atoms with Gasteiger partial charge in [-0.25, -0.2) is 4.98 Å². The highest BCUT2D eigenvalue weighted by atomic mass is 127. The summed E-state index contributed by atoms with van der Waals surface area (Å²) in [5.74, 6) is 2.01. The fourth-order valence-electron chi connectivity index (χ4n) is 3.79. The van der Waals surface area contributed by atoms with Crippen LogP contribution in [0.1, 0.15) is 31.4 Å². The van der Waals surface area contributed by atoms with Crippen molar-refractivity contribution in [3.05, 3.63) is 23.9 Å². The summed E-state index contributed by atoms with van der Waals surface area (Å²) in [7, 11) is 1.86. The lowest BCUT2D eigenvalue weighted by Gasteiger charge is -2.37. The van der Waals surface area contributed by atoms with Gasteiger partial charge in [-0.1, -0.05) is 6.07 Å². The third kappa shape index (κ3) is 6.38. The van der Waals surface area contributed by atoms with Crippen LogP contribution in [0, 0.1) is 6.92 Å². The Morgan fingerprint density at radius 3 is 2.64 bits per heavy atom. The van der Waals surface area contributed by atoms with E-state index in [9.17, 15) is 0 Å². The highest BCUT2D eigenvalue weighted by molar-refractivity contribution is 14.0. The molecule has 0 amide bonds. The van der Waals surface area contributed by atoms with Gasteiger partial charge in [-0.2, -0.15) is 11.8 Å². The number of thioether (sulfide) groups is 1. The van der Waals surface area contributed by atoms with E-state index in [1.54, 1.807) is 0 Å². The van der Waals surface area contributed by atoms with E-state index >= 15 is 0 Å². The first-order valence-corrected chi connectivity index (χ1v) is 11.2. The predicted octanol–water partition coefficient (Wildman–Crippen LogP) is 3.05. The van der Waals surface area contributed by atoms with Gasteiger partial charge in [0, 0.05) is 56.4 Å². The molecule has 1 aromatic heterocycles. The van der Waals surface area contributed by atoms with Crippen molar-refractivity contribution in [2.45, 2.75) is 43.4 Å². The van der Waals surface area contributed by atoms with Crippen molar-refractivity contribution < 1.29 is 4.74 Å². The first kappa shape index (κ1) is 23.5. The molecule has 3 heterocycles. The fourth-order valence-corrected chi connectivity index (χ4v) is 4.58. The van der Waals surface area contributed by atoms with Crippen molar-refractivity contribution in [1.82, 2.24) is 15.6 Å². The van der Waals surface area contributed by atoms with Crippen molar-refractivity contribution >= 4 is 47.5 Å². The molecule has 0 bridgehead atoms. The average Bonchev–Trinajstić information content (AvgIpc) is 2.72. The van der Waals surface area contributed by atoms with E-state index in [2.05, 4.69) is 43.9 Å². The lowest BCUT2D eigenvalue weighted by molar-refractivity contribution is 0.0782. The van der Waals surface area contributed by atoms with Gasteiger partial charge in [-0.3, -0.25) is 4.99 Å². The molecule has 2 fully saturated rings. The largest absolute Gasteiger partial charge is 0.381 e. The van der Waals surface area contributed by atoms with Gasteiger partial charge in [0.1, 0.15) is 5.82 Å². The molecule has 2 aliphatic rings. The molecule has 1 aromatic rings. The molecule has 0 spiro atoms. The number of piperidine rings is 1. The maximum atomic E-state index is 5.54. The monoisotopic (exact) mass is 519 g/mol. The van der Waals surface area contributed by atoms with E-state index < -0.39 is 0 Å². The molecule has 28 heavy (non-hydrogen) atoms. The smallest absolute Gasteiger partial charge is 0.191 e. The minimum atomic E-state index is 0. The Morgan fingerprint density at radius 1 is 1.32 bits per heavy atom. The molecule has 0 unspecified atom stereocenters. The van der Waals surface area contributed by atoms with Crippen LogP contribution in [0.2, 0.25) is 0 Å². The third-order valence-electron chi connectivity index (χ3n) is 5.67. The van der Waals surface area contributed by atoms with Gasteiger partial charge in [0.05, 0.1) is 0 Å². The van der Waals surface area contributed by atoms with Crippen LogP contribution in [-0.4, -0.2) is 67.9 Å². The number of nitrogens with one attached hydrogen (secondary N) is 2. The second kappa shape index (κ2) is 11.4. The summed E-state index contributed by atoms with van der Waals surface area (Å²) in [6.45, 7) is 6.75. The zero-order chi connectivity index (χ0) is 19.1. The molecule has 0 radical (unpaired) electrons. The second-order valence-corrected chi connectivity index (χ2v) is 8.74. The topological polar surface area (TPSA) is 61.8 Å². The molecule has 6 nitrogen and oxygen atoms in total. The van der Waals surface area contributed by atoms with Gasteiger partial charge in [0.15, 0.2) is 5.96 Å². The first-order chi connectivity index (χ1) is 13.1. The minimum Gasteiger partial charge on any atom is -0.381 e. The summed E-state index contributed by atoms with van der Waals surface area (Å²) in [4.78, 5) is 11.5. The molecule has 8 heteroatoms. The van der Waals surface area contributed by atoms with Gasteiger partial charge >= 0.3 is 0 Å². The van der Waals surface area contributed by atoms with Crippen LogP contribution < -0.4 is 15.5 Å². The number of guanidine groups is 1. The van der Waals surface area contributed by atoms with Crippen LogP contribution in [0.25, 0.3) is 0 Å². The summed E-state index contributed by atoms with van der Waals surface area (Å²) in [5.41, 5.74) is 1.08. The Labute approximate surface area is 190 Å². The Bertz CT molecular complexity index is 631. The number of aromatic nitrogens is 1. The number of hydrogen-bond acceptors (Lipinski definition) is 5. The number of ether oxygens (including phenoxy) is 1. The molecular weight excluding hydrogens is 485 g/mol. The Kier molecular flexibility index (Phi) is 9.62. The van der Waals surface area contributed by atoms with Crippen LogP contribution in [0.15, 0.2) is 23.2 Å². The van der Waals surface area contributed by atoms with Crippen LogP contribution in [-0.2, 0) is 4.74 Å². The van der Waals surface area contributed by atoms with E-state index in [0.717, 1.165) is 76.0 Å². The molecule has 0 atom stereocenters. The number of hydrogen-bond donors (Lipinski definition) is 2. The number of pyridine rings is 1. The van der Waals surface area contributed by atoms with E-state index in [1.165, 1.54) is 0 Å². The van der Waals surface area contributed by atoms with Crippen molar-refractivity contribution in [3.8, 4) is 0 Å². The van der Waals surface area contributed by atoms with Crippen LogP contribution in [0.3, 0.4) is 0 Å². The summed E-state index contributed by atoms with van der Waals surface area (Å²) in [6.07, 6.45) is 6.59. The molecule has 3 rings (SSSR count). The first-order valence-electron chi connectivity index (χ1n) is 9.93. The second-order valence-electron chi connectivity index (χ2n) is 7.47. The zero-order valence-corrected chi connectivity index (χ0v) is 20.4. The SMILES string of the molecule is CN=C(NCC1(SC)CCOCC1)NC1CCN(c2cccc(C)n2)CC1.I. The van der Waals surface area contributed by atoms with Crippen molar-refractivity contribution in [2.75, 3.05) is 51.1 Å². The van der Waals surface area contributed by atoms with Crippen LogP contribution >= 0.6 is 35.7 Å². The van der Waals surface area contributed by atoms with Crippen molar-refractivity contribution in [2.24, 2.45) is 4.99 Å². The normalized spacial score (nSPS) is 20.4. The number of nitrogens with zero attached hydrogens (tertiary/aromatic N) is 3. The van der Waals surface area contributed by atoms with Gasteiger partial charge in [-0.15, -0.1) is 24.0 Å². The van der Waals surface area contributed by atoms with Gasteiger partial charge in [0.2, 0.25) is 0 Å². The van der Waals surface area contributed by atoms with E-state index in [4.69, 9.17) is 4.74 Å². The third-order valence-corrected chi connectivity index (χ3v) is 7.09. The molecule has 0 aromatic carbocycles. The molecular formula is C20H34IN5OS. The molecule has 2 saturated heterocycles. The zero-order valence-electron chi connectivity index (χ0n) is 17.2. The number of halogens is 1. The van der Waals surface area contributed by atoms with E-state index in [1.807, 2.05) is 31.8 Å². The maximum Gasteiger partial charge on any atom is 0.191 e. The minimum absolute atomic E-state index is 0. The fraction of sp³-hybridized carbons (Fsp3) is 0.700. The summed E-state index contributed by atoms with van der Waals surface area (Å²) in [5, 5.41) is 7.19. The summed E-state index contributed by atoms with van der Waals surface area (Å²) < 4.78 is 5.80. The number of aliphatic imine (C=N–C) groups is 1. The molecule has 2 aliphatic heterocycles. The standard InChI is InChI=1S/C20H33N5OS.HI/c1-16-5-4-6-18(23-16)25-11-7-17(8-12-25)24-19(21-2)22-15-20(27-3)9-13-26-14-10-20;/h4-6,17H,7-15H2,1-3H3,(H2,21,22,24);1H. The van der Waals surface area contributed by atoms with Crippen molar-refractivity contribution in [1.29, 1.82) is 0 Å². The highest BCUT2D eigenvalue weighted by Gasteiger charge is 2.32. The predicted molar refractivity (Wildman–Crippen MR) is 130 cm³/mol. The summed E-state index contributed by atoms with van der Waals surface area (Å²) in [6, 6.07) is 6.70. The Hall–Kier alpha value is -0.740. The number of aryl methyl sites for hydroxylation is 1. The van der Waals surface area contributed by atoms with Gasteiger partial charge in [-0.05, 0) is 51.0 Å². The lowest BCUT2D eigenvalue weighted by Crippen LogP contribution is -2.52. The van der Waals surface area contributed by atoms with E-state index in [0.29, 0.717) is 6.04 Å². The Balaban J connectivity index is 0.00000280. The van der Waals surface area contributed by atoms with Crippen molar-refractivity contribution in [3.63, 3.8) is 0 Å². The summed E-state index contributed by atoms with van der Waals surface area (Å²) >= 11 is 1.95. The van der Waals surface area contributed by atoms with Crippen LogP contribution in [0.4, 0.5) is 5.82 Å². The highest BCUT2D eigenvalue weighted by Crippen LogP contribution is 2.33. The van der Waals surface area contributed by atoms with E-state index in [-0.39, 0.29) is 28.7 Å². The maximum absolute atomic E-state index is 5.54. The number of rotatable bonds is 5. The lowest BCUT2D eigenvalue weighted by atomic mass is 9.99. The van der Waals surface area contributed by atoms with Crippen LogP contribution in [0.5, 0.6) is 0 Å². The molecule has 0 saturated carbocycles. The molecule has 158 valence electrons. The van der Waals surface area contributed by atoms with Gasteiger partial charge in [0.25, 0.3) is 0 Å². The molecule has 2 N–H and O–H groups in total. The molecule has 0 aliphatic carbocycles. The number of anilines is 1. The Morgan fingerprint density at radius 2 is 2.04 bits per heavy atom. The van der Waals surface area contributed by atoms with Gasteiger partial charge < -0.3 is 20.3 Å².